The molecule has 7 heteroatoms. The number of nitrogens with zero attached hydrogens (tertiary/aromatic N) is 2. The Morgan fingerprint density at radius 1 is 1.08 bits per heavy atom. The van der Waals surface area contributed by atoms with Gasteiger partial charge in [0.25, 0.3) is 11.9 Å². The van der Waals surface area contributed by atoms with Gasteiger partial charge in [0.05, 0.1) is 11.3 Å². The van der Waals surface area contributed by atoms with Gasteiger partial charge < -0.3 is 11.1 Å². The quantitative estimate of drug-likeness (QED) is 0.412. The fraction of sp³-hybridized carbons (Fsp3) is 0.158. The molecule has 132 valence electrons. The molecule has 0 bridgehead atoms. The van der Waals surface area contributed by atoms with Gasteiger partial charge in [-0.05, 0) is 37.6 Å². The van der Waals surface area contributed by atoms with Crippen molar-refractivity contribution < 1.29 is 9.79 Å². The van der Waals surface area contributed by atoms with Crippen LogP contribution in [0.5, 0.6) is 0 Å². The monoisotopic (exact) mass is 349 g/mol. The molecule has 2 aromatic carbocycles. The van der Waals surface area contributed by atoms with Crippen molar-refractivity contribution >= 4 is 34.4 Å². The largest absolute Gasteiger partial charge is 0.387 e. The summed E-state index contributed by atoms with van der Waals surface area (Å²) in [6.07, 6.45) is 0. The SMILES string of the molecule is CNc1ccccc1C(=O)N/C(N)=[NH+]/c1nc(C)c2cccc(C)c2n1. The first kappa shape index (κ1) is 17.3. The number of carbonyl (C=O) groups excluding carboxylic acids is 1. The molecule has 0 aliphatic rings. The Morgan fingerprint density at radius 2 is 1.85 bits per heavy atom. The van der Waals surface area contributed by atoms with Gasteiger partial charge in [0, 0.05) is 18.1 Å². The number of guanidine groups is 1. The first-order valence-electron chi connectivity index (χ1n) is 8.21. The molecule has 26 heavy (non-hydrogen) atoms. The van der Waals surface area contributed by atoms with Crippen LogP contribution in [0, 0.1) is 13.8 Å². The fourth-order valence-electron chi connectivity index (χ4n) is 2.75. The highest BCUT2D eigenvalue weighted by Gasteiger charge is 2.15. The summed E-state index contributed by atoms with van der Waals surface area (Å²) >= 11 is 0. The molecule has 0 radical (unpaired) electrons. The number of carbonyl (C=O) groups is 1. The first-order valence-corrected chi connectivity index (χ1v) is 8.21. The number of hydrogen-bond donors (Lipinski definition) is 4. The number of nitrogens with two attached hydrogens (primary N) is 1. The summed E-state index contributed by atoms with van der Waals surface area (Å²) in [6, 6.07) is 13.1. The maximum Gasteiger partial charge on any atom is 0.354 e. The molecule has 3 aromatic rings. The van der Waals surface area contributed by atoms with Crippen LogP contribution in [0.15, 0.2) is 42.5 Å². The molecule has 1 amide bonds. The Morgan fingerprint density at radius 3 is 2.62 bits per heavy atom. The standard InChI is InChI=1S/C19H20N6O/c1-11-7-6-9-13-12(2)22-19(23-16(11)13)25-18(20)24-17(26)14-8-4-5-10-15(14)21-3/h4-10,21H,1-3H3,(H3,20,22,23,24,25,26)/p+1. The van der Waals surface area contributed by atoms with E-state index in [-0.39, 0.29) is 11.9 Å². The second-order valence-electron chi connectivity index (χ2n) is 5.89. The number of rotatable bonds is 3. The molecule has 0 atom stereocenters. The highest BCUT2D eigenvalue weighted by atomic mass is 16.1. The number of nitrogens with one attached hydrogen (secondary N) is 3. The van der Waals surface area contributed by atoms with Crippen LogP contribution >= 0.6 is 0 Å². The minimum atomic E-state index is -0.325. The van der Waals surface area contributed by atoms with Gasteiger partial charge in [-0.25, -0.2) is 10.3 Å². The van der Waals surface area contributed by atoms with Gasteiger partial charge in [0.1, 0.15) is 5.52 Å². The van der Waals surface area contributed by atoms with E-state index in [1.54, 1.807) is 19.2 Å². The molecule has 0 aliphatic carbocycles. The lowest BCUT2D eigenvalue weighted by Gasteiger charge is -2.07. The predicted molar refractivity (Wildman–Crippen MR) is 102 cm³/mol. The van der Waals surface area contributed by atoms with E-state index >= 15 is 0 Å². The van der Waals surface area contributed by atoms with E-state index in [2.05, 4.69) is 25.6 Å². The minimum Gasteiger partial charge on any atom is -0.387 e. The first-order chi connectivity index (χ1) is 12.5. The van der Waals surface area contributed by atoms with E-state index in [4.69, 9.17) is 5.73 Å². The van der Waals surface area contributed by atoms with E-state index in [0.717, 1.165) is 22.2 Å². The van der Waals surface area contributed by atoms with Crippen LogP contribution in [0.4, 0.5) is 11.6 Å². The van der Waals surface area contributed by atoms with E-state index in [9.17, 15) is 4.79 Å². The number of amides is 1. The molecule has 1 aromatic heterocycles. The van der Waals surface area contributed by atoms with Crippen LogP contribution in [0.2, 0.25) is 0 Å². The summed E-state index contributed by atoms with van der Waals surface area (Å²) in [7, 11) is 1.76. The van der Waals surface area contributed by atoms with Gasteiger partial charge in [0.15, 0.2) is 0 Å². The minimum absolute atomic E-state index is 0.0632. The molecule has 0 saturated heterocycles. The summed E-state index contributed by atoms with van der Waals surface area (Å²) < 4.78 is 0. The van der Waals surface area contributed by atoms with Crippen LogP contribution < -0.4 is 21.4 Å². The molecule has 5 N–H and O–H groups in total. The van der Waals surface area contributed by atoms with E-state index < -0.39 is 0 Å². The molecule has 0 saturated carbocycles. The average Bonchev–Trinajstić information content (AvgIpc) is 2.62. The summed E-state index contributed by atoms with van der Waals surface area (Å²) in [4.78, 5) is 24.2. The van der Waals surface area contributed by atoms with Crippen LogP contribution in [-0.4, -0.2) is 28.9 Å². The Bertz CT molecular complexity index is 1010. The highest BCUT2D eigenvalue weighted by Crippen LogP contribution is 2.18. The maximum absolute atomic E-state index is 12.4. The molecule has 0 aliphatic heterocycles. The molecule has 0 spiro atoms. The summed E-state index contributed by atoms with van der Waals surface area (Å²) in [5.74, 6) is 0.0749. The smallest absolute Gasteiger partial charge is 0.354 e. The second-order valence-corrected chi connectivity index (χ2v) is 5.89. The average molecular weight is 349 g/mol. The number of aromatic nitrogens is 2. The number of anilines is 1. The lowest BCUT2D eigenvalue weighted by Crippen LogP contribution is -2.75. The van der Waals surface area contributed by atoms with Gasteiger partial charge in [-0.3, -0.25) is 4.79 Å². The Labute approximate surface area is 151 Å². The number of hydrogen-bond acceptors (Lipinski definition) is 4. The van der Waals surface area contributed by atoms with Crippen molar-refractivity contribution in [2.75, 3.05) is 12.4 Å². The Kier molecular flexibility index (Phi) is 4.79. The lowest BCUT2D eigenvalue weighted by molar-refractivity contribution is -0.367. The molecule has 0 fully saturated rings. The number of aryl methyl sites for hydroxylation is 2. The van der Waals surface area contributed by atoms with Gasteiger partial charge in [-0.1, -0.05) is 24.3 Å². The summed E-state index contributed by atoms with van der Waals surface area (Å²) in [6.45, 7) is 3.90. The zero-order valence-corrected chi connectivity index (χ0v) is 14.9. The van der Waals surface area contributed by atoms with Crippen molar-refractivity contribution in [1.82, 2.24) is 15.3 Å². The van der Waals surface area contributed by atoms with Crippen molar-refractivity contribution in [3.05, 3.63) is 59.3 Å². The van der Waals surface area contributed by atoms with Crippen molar-refractivity contribution in [1.29, 1.82) is 0 Å². The molecule has 7 nitrogen and oxygen atoms in total. The normalized spacial score (nSPS) is 11.4. The van der Waals surface area contributed by atoms with Crippen LogP contribution in [0.1, 0.15) is 21.6 Å². The third-order valence-corrected chi connectivity index (χ3v) is 4.05. The fourth-order valence-corrected chi connectivity index (χ4v) is 2.75. The number of benzene rings is 2. The van der Waals surface area contributed by atoms with Gasteiger partial charge in [0.2, 0.25) is 0 Å². The molecular formula is C19H21N6O+. The zero-order chi connectivity index (χ0) is 18.7. The van der Waals surface area contributed by atoms with Crippen molar-refractivity contribution in [2.24, 2.45) is 5.73 Å². The van der Waals surface area contributed by atoms with Crippen LogP contribution in [0.3, 0.4) is 0 Å². The van der Waals surface area contributed by atoms with E-state index in [1.807, 2.05) is 44.2 Å². The van der Waals surface area contributed by atoms with Crippen molar-refractivity contribution in [2.45, 2.75) is 13.8 Å². The Balaban J connectivity index is 1.89. The van der Waals surface area contributed by atoms with Gasteiger partial charge >= 0.3 is 5.95 Å². The van der Waals surface area contributed by atoms with Crippen molar-refractivity contribution in [3.8, 4) is 0 Å². The van der Waals surface area contributed by atoms with Gasteiger partial charge in [-0.15, -0.1) is 9.97 Å². The number of para-hydroxylation sites is 2. The lowest BCUT2D eigenvalue weighted by atomic mass is 10.1. The highest BCUT2D eigenvalue weighted by molar-refractivity contribution is 6.07. The zero-order valence-electron chi connectivity index (χ0n) is 14.9. The molecule has 1 heterocycles. The third-order valence-electron chi connectivity index (χ3n) is 4.05. The topological polar surface area (TPSA) is 107 Å². The third kappa shape index (κ3) is 3.46. The Hall–Kier alpha value is -3.48. The van der Waals surface area contributed by atoms with E-state index in [1.165, 1.54) is 0 Å². The van der Waals surface area contributed by atoms with Crippen LogP contribution in [0.25, 0.3) is 10.9 Å². The molecular weight excluding hydrogens is 328 g/mol. The van der Waals surface area contributed by atoms with Gasteiger partial charge in [-0.2, -0.15) is 0 Å². The summed E-state index contributed by atoms with van der Waals surface area (Å²) in [5, 5.41) is 6.59. The maximum atomic E-state index is 12.4. The van der Waals surface area contributed by atoms with Crippen LogP contribution in [-0.2, 0) is 0 Å². The molecule has 0 unspecified atom stereocenters. The second kappa shape index (κ2) is 7.18. The van der Waals surface area contributed by atoms with E-state index in [0.29, 0.717) is 17.2 Å². The summed E-state index contributed by atoms with van der Waals surface area (Å²) in [5.41, 5.74) is 9.87. The molecule has 3 rings (SSSR count). The van der Waals surface area contributed by atoms with Crippen molar-refractivity contribution in [3.63, 3.8) is 0 Å². The number of fused-ring (bicyclic) bond motifs is 1. The predicted octanol–water partition coefficient (Wildman–Crippen LogP) is 0.745.